The lowest BCUT2D eigenvalue weighted by Gasteiger charge is -2.44. The van der Waals surface area contributed by atoms with E-state index >= 15 is 0 Å². The van der Waals surface area contributed by atoms with Gasteiger partial charge in [0.25, 0.3) is 5.22 Å². The number of aromatic nitrogens is 1. The Bertz CT molecular complexity index is 1090. The largest absolute Gasteiger partial charge is 0.491 e. The van der Waals surface area contributed by atoms with Crippen molar-refractivity contribution >= 4 is 34.8 Å². The maximum atomic E-state index is 12.8. The van der Waals surface area contributed by atoms with Crippen molar-refractivity contribution in [3.63, 3.8) is 0 Å². The highest BCUT2D eigenvalue weighted by Crippen LogP contribution is 2.34. The molecule has 1 aliphatic rings. The van der Waals surface area contributed by atoms with E-state index in [2.05, 4.69) is 19.8 Å². The summed E-state index contributed by atoms with van der Waals surface area (Å²) in [5.41, 5.74) is -1.12. The fraction of sp³-hybridized carbons (Fsp3) is 0.500. The van der Waals surface area contributed by atoms with E-state index in [1.807, 2.05) is 0 Å². The second-order valence-electron chi connectivity index (χ2n) is 7.16. The molecule has 0 aliphatic carbocycles. The molecule has 18 heteroatoms. The van der Waals surface area contributed by atoms with Gasteiger partial charge in [-0.3, -0.25) is 0 Å². The van der Waals surface area contributed by atoms with E-state index in [9.17, 15) is 49.1 Å². The Balaban J connectivity index is 1.77. The summed E-state index contributed by atoms with van der Waals surface area (Å²) in [5.74, 6) is -9.04. The van der Waals surface area contributed by atoms with Crippen LogP contribution in [0.4, 0.5) is 39.5 Å². The van der Waals surface area contributed by atoms with E-state index in [1.165, 1.54) is 0 Å². The number of fused-ring (bicyclic) bond motifs is 1. The lowest BCUT2D eigenvalue weighted by molar-refractivity contribution is -0.318. The molecule has 0 amide bonds. The van der Waals surface area contributed by atoms with Crippen LogP contribution in [0.3, 0.4) is 0 Å². The van der Waals surface area contributed by atoms with Crippen LogP contribution < -0.4 is 5.32 Å². The monoisotopic (exact) mass is 555 g/mol. The first kappa shape index (κ1) is 27.9. The number of thioether (sulfide) groups is 1. The van der Waals surface area contributed by atoms with E-state index in [1.54, 1.807) is 0 Å². The Morgan fingerprint density at radius 3 is 2.22 bits per heavy atom. The summed E-state index contributed by atoms with van der Waals surface area (Å²) in [6.45, 7) is -1.61. The summed E-state index contributed by atoms with van der Waals surface area (Å²) in [6.07, 6.45) is -15.8. The molecule has 0 spiro atoms. The third kappa shape index (κ3) is 6.52. The van der Waals surface area contributed by atoms with Crippen LogP contribution in [0.15, 0.2) is 27.8 Å². The highest BCUT2D eigenvalue weighted by molar-refractivity contribution is 7.99. The zero-order valence-corrected chi connectivity index (χ0v) is 18.3. The van der Waals surface area contributed by atoms with Gasteiger partial charge in [-0.2, -0.15) is 39.5 Å². The first-order chi connectivity index (χ1) is 16.5. The molecule has 0 bridgehead atoms. The highest BCUT2D eigenvalue weighted by Gasteiger charge is 2.55. The van der Waals surface area contributed by atoms with Crippen LogP contribution in [-0.4, -0.2) is 72.0 Å². The lowest BCUT2D eigenvalue weighted by Crippen LogP contribution is -2.67. The first-order valence-corrected chi connectivity index (χ1v) is 10.7. The van der Waals surface area contributed by atoms with Crippen molar-refractivity contribution in [2.75, 3.05) is 31.9 Å². The predicted octanol–water partition coefficient (Wildman–Crippen LogP) is 3.71. The van der Waals surface area contributed by atoms with Gasteiger partial charge in [0.15, 0.2) is 5.58 Å². The molecule has 0 radical (unpaired) electrons. The van der Waals surface area contributed by atoms with Crippen LogP contribution >= 0.6 is 11.8 Å². The number of nitrogens with one attached hydrogen (secondary N) is 1. The number of carbonyl (C=O) groups excluding carboxylic acids is 2. The number of rotatable bonds is 6. The Labute approximate surface area is 199 Å². The molecule has 2 aromatic rings. The third-order valence-electron chi connectivity index (χ3n) is 4.64. The van der Waals surface area contributed by atoms with Crippen molar-refractivity contribution in [2.24, 2.45) is 0 Å². The Hall–Kier alpha value is -2.73. The van der Waals surface area contributed by atoms with E-state index in [0.717, 1.165) is 34.9 Å². The maximum absolute atomic E-state index is 12.8. The summed E-state index contributed by atoms with van der Waals surface area (Å²) in [5, 5.41) is 2.25. The Kier molecular flexibility index (Phi) is 7.71. The molecule has 1 N–H and O–H groups in total. The van der Waals surface area contributed by atoms with E-state index in [4.69, 9.17) is 4.42 Å². The van der Waals surface area contributed by atoms with Gasteiger partial charge in [0.1, 0.15) is 5.52 Å². The SMILES string of the molecule is O=C(OC1(OC(=O)C(F)(F)F)CNCCN1CCSc1nc2cc(C(F)(F)F)ccc2o1)C(F)(F)F. The van der Waals surface area contributed by atoms with Crippen molar-refractivity contribution in [3.05, 3.63) is 23.8 Å². The van der Waals surface area contributed by atoms with Gasteiger partial charge in [-0.25, -0.2) is 19.5 Å². The van der Waals surface area contributed by atoms with Crippen molar-refractivity contribution < 1.29 is 63.0 Å². The number of ether oxygens (including phenoxy) is 2. The number of benzene rings is 1. The number of alkyl halides is 9. The highest BCUT2D eigenvalue weighted by atomic mass is 32.2. The van der Waals surface area contributed by atoms with Crippen LogP contribution in [0.5, 0.6) is 0 Å². The number of carbonyl (C=O) groups is 2. The predicted molar refractivity (Wildman–Crippen MR) is 101 cm³/mol. The number of hydrogen-bond acceptors (Lipinski definition) is 9. The molecule has 0 atom stereocenters. The average molecular weight is 555 g/mol. The van der Waals surface area contributed by atoms with Crippen LogP contribution in [-0.2, 0) is 25.2 Å². The molecular weight excluding hydrogens is 541 g/mol. The van der Waals surface area contributed by atoms with Gasteiger partial charge in [-0.05, 0) is 18.2 Å². The molecule has 36 heavy (non-hydrogen) atoms. The van der Waals surface area contributed by atoms with E-state index in [-0.39, 0.29) is 35.2 Å². The van der Waals surface area contributed by atoms with Gasteiger partial charge in [-0.15, -0.1) is 0 Å². The third-order valence-corrected chi connectivity index (χ3v) is 5.45. The molecule has 1 aromatic heterocycles. The zero-order chi connectivity index (χ0) is 26.9. The number of oxazole rings is 1. The molecule has 3 rings (SSSR count). The smallest absolute Gasteiger partial charge is 0.431 e. The quantitative estimate of drug-likeness (QED) is 0.248. The summed E-state index contributed by atoms with van der Waals surface area (Å²) in [4.78, 5) is 27.5. The number of nitrogens with zero attached hydrogens (tertiary/aromatic N) is 2. The molecule has 1 aromatic carbocycles. The molecule has 2 heterocycles. The van der Waals surface area contributed by atoms with Crippen molar-refractivity contribution in [1.29, 1.82) is 0 Å². The Morgan fingerprint density at radius 1 is 1.06 bits per heavy atom. The molecule has 8 nitrogen and oxygen atoms in total. The fourth-order valence-electron chi connectivity index (χ4n) is 3.04. The average Bonchev–Trinajstić information content (AvgIpc) is 3.15. The van der Waals surface area contributed by atoms with E-state index < -0.39 is 55.0 Å². The number of hydrogen-bond donors (Lipinski definition) is 1. The number of halogens is 9. The zero-order valence-electron chi connectivity index (χ0n) is 17.5. The second-order valence-corrected chi connectivity index (χ2v) is 8.21. The van der Waals surface area contributed by atoms with Crippen LogP contribution in [0.1, 0.15) is 5.56 Å². The molecule has 0 saturated carbocycles. The molecule has 200 valence electrons. The first-order valence-electron chi connectivity index (χ1n) is 9.68. The minimum absolute atomic E-state index is 0.000216. The molecule has 0 unspecified atom stereocenters. The Morgan fingerprint density at radius 2 is 1.67 bits per heavy atom. The van der Waals surface area contributed by atoms with Gasteiger partial charge in [0, 0.05) is 25.4 Å². The normalized spacial score (nSPS) is 17.2. The standard InChI is InChI=1S/C18H14F9N3O5S/c19-16(20,21)9-1-2-11-10(7-9)29-14(33-11)36-6-5-30-4-3-28-8-15(30,34-12(31)17(22,23)24)35-13(32)18(25,26)27/h1-2,7,28H,3-6,8H2. The summed E-state index contributed by atoms with van der Waals surface area (Å²) >= 11 is 0.756. The fourth-order valence-corrected chi connectivity index (χ4v) is 3.84. The molecule has 1 saturated heterocycles. The van der Waals surface area contributed by atoms with Crippen LogP contribution in [0, 0.1) is 0 Å². The van der Waals surface area contributed by atoms with E-state index in [0.29, 0.717) is 0 Å². The number of piperazine rings is 1. The van der Waals surface area contributed by atoms with Gasteiger partial charge in [-0.1, -0.05) is 11.8 Å². The summed E-state index contributed by atoms with van der Waals surface area (Å²) in [6, 6.07) is 2.53. The summed E-state index contributed by atoms with van der Waals surface area (Å²) < 4.78 is 129. The minimum Gasteiger partial charge on any atom is -0.431 e. The van der Waals surface area contributed by atoms with Crippen LogP contribution in [0.2, 0.25) is 0 Å². The van der Waals surface area contributed by atoms with Crippen molar-refractivity contribution in [1.82, 2.24) is 15.2 Å². The maximum Gasteiger partial charge on any atom is 0.491 e. The van der Waals surface area contributed by atoms with Gasteiger partial charge in [0.05, 0.1) is 12.1 Å². The van der Waals surface area contributed by atoms with Crippen molar-refractivity contribution in [3.8, 4) is 0 Å². The lowest BCUT2D eigenvalue weighted by atomic mass is 10.2. The molecular formula is C18H14F9N3O5S. The van der Waals surface area contributed by atoms with Gasteiger partial charge in [0.2, 0.25) is 0 Å². The molecule has 1 aliphatic heterocycles. The van der Waals surface area contributed by atoms with Gasteiger partial charge >= 0.3 is 36.4 Å². The number of esters is 2. The minimum atomic E-state index is -5.61. The van der Waals surface area contributed by atoms with Crippen molar-refractivity contribution in [2.45, 2.75) is 29.7 Å². The molecule has 1 fully saturated rings. The van der Waals surface area contributed by atoms with Gasteiger partial charge < -0.3 is 19.2 Å². The second kappa shape index (κ2) is 9.97. The summed E-state index contributed by atoms with van der Waals surface area (Å²) in [7, 11) is 0. The topological polar surface area (TPSA) is 93.9 Å². The van der Waals surface area contributed by atoms with Crippen LogP contribution in [0.25, 0.3) is 11.1 Å².